The van der Waals surface area contributed by atoms with Crippen LogP contribution in [0.5, 0.6) is 0 Å². The number of ether oxygens (including phenoxy) is 1. The fourth-order valence-corrected chi connectivity index (χ4v) is 2.08. The van der Waals surface area contributed by atoms with Crippen LogP contribution in [0.4, 0.5) is 4.79 Å². The van der Waals surface area contributed by atoms with Gasteiger partial charge in [-0.05, 0) is 18.9 Å². The van der Waals surface area contributed by atoms with E-state index in [-0.39, 0.29) is 6.61 Å². The minimum Gasteiger partial charge on any atom is -0.443 e. The third kappa shape index (κ3) is 3.30. The maximum atomic E-state index is 11.9. The maximum absolute atomic E-state index is 11.9. The Labute approximate surface area is 116 Å². The van der Waals surface area contributed by atoms with E-state index in [1.807, 2.05) is 18.3 Å². The molecular weight excluding hydrogens is 266 g/mol. The molecule has 6 heteroatoms. The second kappa shape index (κ2) is 6.30. The van der Waals surface area contributed by atoms with Crippen molar-refractivity contribution in [1.82, 2.24) is 10.0 Å². The molecule has 0 saturated carbocycles. The van der Waals surface area contributed by atoms with Crippen LogP contribution >= 0.6 is 11.6 Å². The Bertz CT molecular complexity index is 501. The van der Waals surface area contributed by atoms with Gasteiger partial charge in [-0.15, -0.1) is 0 Å². The molecule has 0 aliphatic carbocycles. The zero-order valence-corrected chi connectivity index (χ0v) is 11.1. The molecular formula is C13H14ClN3O2. The first-order chi connectivity index (χ1) is 9.22. The van der Waals surface area contributed by atoms with Gasteiger partial charge in [0, 0.05) is 17.1 Å². The van der Waals surface area contributed by atoms with Crippen LogP contribution in [0.15, 0.2) is 24.3 Å². The van der Waals surface area contributed by atoms with Crippen LogP contribution < -0.4 is 0 Å². The van der Waals surface area contributed by atoms with E-state index in [0.717, 1.165) is 18.4 Å². The Balaban J connectivity index is 1.94. The fourth-order valence-electron chi connectivity index (χ4n) is 1.89. The molecule has 0 aromatic heterocycles. The van der Waals surface area contributed by atoms with Gasteiger partial charge in [0.2, 0.25) is 0 Å². The Morgan fingerprint density at radius 2 is 2.11 bits per heavy atom. The summed E-state index contributed by atoms with van der Waals surface area (Å²) in [6, 6.07) is 7.19. The van der Waals surface area contributed by atoms with E-state index in [1.165, 1.54) is 10.0 Å². The van der Waals surface area contributed by atoms with Gasteiger partial charge in [-0.3, -0.25) is 0 Å². The Morgan fingerprint density at radius 1 is 1.37 bits per heavy atom. The summed E-state index contributed by atoms with van der Waals surface area (Å²) in [4.78, 5) is 11.9. The van der Waals surface area contributed by atoms with Gasteiger partial charge in [-0.25, -0.2) is 14.8 Å². The predicted octanol–water partition coefficient (Wildman–Crippen LogP) is 2.77. The number of rotatable bonds is 2. The van der Waals surface area contributed by atoms with Gasteiger partial charge in [-0.2, -0.15) is 5.26 Å². The van der Waals surface area contributed by atoms with Crippen LogP contribution in [0.1, 0.15) is 18.4 Å². The molecule has 19 heavy (non-hydrogen) atoms. The summed E-state index contributed by atoms with van der Waals surface area (Å²) in [5.41, 5.74) is 0.748. The molecule has 100 valence electrons. The second-order valence-corrected chi connectivity index (χ2v) is 4.61. The first-order valence-electron chi connectivity index (χ1n) is 6.07. The average molecular weight is 280 g/mol. The molecule has 1 heterocycles. The predicted molar refractivity (Wildman–Crippen MR) is 69.9 cm³/mol. The van der Waals surface area contributed by atoms with Crippen LogP contribution in [-0.2, 0) is 11.3 Å². The smallest absolute Gasteiger partial charge is 0.429 e. The van der Waals surface area contributed by atoms with E-state index in [0.29, 0.717) is 18.1 Å². The summed E-state index contributed by atoms with van der Waals surface area (Å²) in [6.45, 7) is 1.17. The van der Waals surface area contributed by atoms with Crippen molar-refractivity contribution in [3.8, 4) is 6.19 Å². The second-order valence-electron chi connectivity index (χ2n) is 4.20. The van der Waals surface area contributed by atoms with Crippen molar-refractivity contribution in [2.45, 2.75) is 19.4 Å². The number of nitrogens with zero attached hydrogens (tertiary/aromatic N) is 3. The lowest BCUT2D eigenvalue weighted by Gasteiger charge is -2.33. The molecule has 1 amide bonds. The number of carbonyl (C=O) groups excluding carboxylic acids is 1. The van der Waals surface area contributed by atoms with E-state index in [9.17, 15) is 4.79 Å². The van der Waals surface area contributed by atoms with Gasteiger partial charge >= 0.3 is 6.09 Å². The minimum atomic E-state index is -0.513. The molecule has 5 nitrogen and oxygen atoms in total. The highest BCUT2D eigenvalue weighted by molar-refractivity contribution is 6.31. The zero-order chi connectivity index (χ0) is 13.7. The van der Waals surface area contributed by atoms with E-state index in [1.54, 1.807) is 12.1 Å². The molecule has 0 unspecified atom stereocenters. The lowest BCUT2D eigenvalue weighted by molar-refractivity contribution is -0.00617. The van der Waals surface area contributed by atoms with Crippen LogP contribution in [0.25, 0.3) is 0 Å². The SMILES string of the molecule is N#CN1CCCCN1C(=O)OCc1ccccc1Cl. The highest BCUT2D eigenvalue weighted by Crippen LogP contribution is 2.17. The van der Waals surface area contributed by atoms with Crippen molar-refractivity contribution in [1.29, 1.82) is 5.26 Å². The Morgan fingerprint density at radius 3 is 2.84 bits per heavy atom. The summed E-state index contributed by atoms with van der Waals surface area (Å²) >= 11 is 5.98. The largest absolute Gasteiger partial charge is 0.443 e. The van der Waals surface area contributed by atoms with Crippen molar-refractivity contribution in [2.24, 2.45) is 0 Å². The highest BCUT2D eigenvalue weighted by Gasteiger charge is 2.25. The summed E-state index contributed by atoms with van der Waals surface area (Å²) in [5, 5.41) is 12.2. The first kappa shape index (κ1) is 13.5. The monoisotopic (exact) mass is 279 g/mol. The molecule has 2 rings (SSSR count). The standard InChI is InChI=1S/C13H14ClN3O2/c14-12-6-2-1-5-11(12)9-19-13(18)17-8-4-3-7-16(17)10-15/h1-2,5-6H,3-4,7-9H2. The molecule has 1 aromatic rings. The van der Waals surface area contributed by atoms with Crippen LogP contribution in [0, 0.1) is 11.5 Å². The lowest BCUT2D eigenvalue weighted by atomic mass is 10.2. The summed E-state index contributed by atoms with van der Waals surface area (Å²) in [7, 11) is 0. The zero-order valence-electron chi connectivity index (χ0n) is 10.4. The maximum Gasteiger partial charge on any atom is 0.429 e. The highest BCUT2D eigenvalue weighted by atomic mass is 35.5. The van der Waals surface area contributed by atoms with Crippen molar-refractivity contribution < 1.29 is 9.53 Å². The number of carbonyl (C=O) groups is 1. The van der Waals surface area contributed by atoms with Crippen molar-refractivity contribution in [2.75, 3.05) is 13.1 Å². The van der Waals surface area contributed by atoms with Crippen molar-refractivity contribution in [3.63, 3.8) is 0 Å². The number of hydrogen-bond acceptors (Lipinski definition) is 4. The molecule has 0 bridgehead atoms. The summed E-state index contributed by atoms with van der Waals surface area (Å²) in [5.74, 6) is 0. The summed E-state index contributed by atoms with van der Waals surface area (Å²) < 4.78 is 5.19. The Hall–Kier alpha value is -1.93. The van der Waals surface area contributed by atoms with Crippen LogP contribution in [0.2, 0.25) is 5.02 Å². The normalized spacial score (nSPS) is 14.9. The number of hydrazine groups is 1. The van der Waals surface area contributed by atoms with E-state index in [4.69, 9.17) is 21.6 Å². The van der Waals surface area contributed by atoms with E-state index in [2.05, 4.69) is 0 Å². The topological polar surface area (TPSA) is 56.6 Å². The van der Waals surface area contributed by atoms with E-state index >= 15 is 0 Å². The molecule has 0 N–H and O–H groups in total. The molecule has 1 aliphatic rings. The average Bonchev–Trinajstić information content (AvgIpc) is 2.46. The van der Waals surface area contributed by atoms with Crippen LogP contribution in [0.3, 0.4) is 0 Å². The molecule has 1 saturated heterocycles. The third-order valence-corrected chi connectivity index (χ3v) is 3.29. The quantitative estimate of drug-likeness (QED) is 0.781. The minimum absolute atomic E-state index is 0.105. The molecule has 1 fully saturated rings. The molecule has 0 radical (unpaired) electrons. The van der Waals surface area contributed by atoms with Gasteiger partial charge in [0.15, 0.2) is 6.19 Å². The number of benzene rings is 1. The molecule has 0 atom stereocenters. The van der Waals surface area contributed by atoms with Gasteiger partial charge < -0.3 is 4.74 Å². The van der Waals surface area contributed by atoms with E-state index < -0.39 is 6.09 Å². The van der Waals surface area contributed by atoms with Crippen molar-refractivity contribution >= 4 is 17.7 Å². The number of halogens is 1. The van der Waals surface area contributed by atoms with Crippen molar-refractivity contribution in [3.05, 3.63) is 34.9 Å². The lowest BCUT2D eigenvalue weighted by Crippen LogP contribution is -2.47. The summed E-state index contributed by atoms with van der Waals surface area (Å²) in [6.07, 6.45) is 3.24. The number of amides is 1. The molecule has 1 aromatic carbocycles. The number of nitriles is 1. The van der Waals surface area contributed by atoms with Crippen LogP contribution in [-0.4, -0.2) is 29.2 Å². The van der Waals surface area contributed by atoms with Gasteiger partial charge in [0.1, 0.15) is 6.61 Å². The number of hydrogen-bond donors (Lipinski definition) is 0. The molecule has 1 aliphatic heterocycles. The van der Waals surface area contributed by atoms with Gasteiger partial charge in [0.25, 0.3) is 0 Å². The fraction of sp³-hybridized carbons (Fsp3) is 0.385. The van der Waals surface area contributed by atoms with Gasteiger partial charge in [0.05, 0.1) is 6.54 Å². The molecule has 0 spiro atoms. The Kier molecular flexibility index (Phi) is 4.48. The first-order valence-corrected chi connectivity index (χ1v) is 6.45. The third-order valence-electron chi connectivity index (χ3n) is 2.92. The van der Waals surface area contributed by atoms with Gasteiger partial charge in [-0.1, -0.05) is 29.8 Å².